The van der Waals surface area contributed by atoms with Crippen LogP contribution in [0.25, 0.3) is 0 Å². The summed E-state index contributed by atoms with van der Waals surface area (Å²) in [7, 11) is 1.56. The van der Waals surface area contributed by atoms with Crippen molar-refractivity contribution in [2.75, 3.05) is 31.6 Å². The van der Waals surface area contributed by atoms with E-state index >= 15 is 0 Å². The van der Waals surface area contributed by atoms with E-state index in [9.17, 15) is 9.18 Å². The number of alkyl halides is 1. The number of carbonyl (C=O) groups excluding carboxylic acids is 1. The summed E-state index contributed by atoms with van der Waals surface area (Å²) >= 11 is 0. The number of ether oxygens (including phenoxy) is 1. The van der Waals surface area contributed by atoms with E-state index in [1.165, 1.54) is 0 Å². The molecule has 7 heteroatoms. The molecule has 1 aliphatic heterocycles. The van der Waals surface area contributed by atoms with Crippen LogP contribution < -0.4 is 15.0 Å². The normalized spacial score (nSPS) is 20.5. The zero-order valence-corrected chi connectivity index (χ0v) is 12.7. The second-order valence-electron chi connectivity index (χ2n) is 6.05. The van der Waals surface area contributed by atoms with Crippen LogP contribution in [0.4, 0.5) is 10.3 Å². The lowest BCUT2D eigenvalue weighted by molar-refractivity contribution is -0.123. The fourth-order valence-electron chi connectivity index (χ4n) is 2.60. The molecule has 0 radical (unpaired) electrons. The van der Waals surface area contributed by atoms with Crippen LogP contribution in [0, 0.1) is 5.92 Å². The zero-order valence-electron chi connectivity index (χ0n) is 12.7. The van der Waals surface area contributed by atoms with Crippen LogP contribution in [0.1, 0.15) is 25.7 Å². The standard InChI is InChI=1S/C15H21FN4O2/c1-22-12-8-17-14(18-9-12)20-6-4-15(16,5-7-20)10-19-13(21)11-2-3-11/h8-9,11H,2-7,10H2,1H3,(H,19,21). The number of amides is 1. The molecule has 2 aliphatic rings. The lowest BCUT2D eigenvalue weighted by atomic mass is 9.93. The Morgan fingerprint density at radius 3 is 2.59 bits per heavy atom. The van der Waals surface area contributed by atoms with E-state index < -0.39 is 5.67 Å². The lowest BCUT2D eigenvalue weighted by Crippen LogP contribution is -2.48. The number of anilines is 1. The Balaban J connectivity index is 1.50. The van der Waals surface area contributed by atoms with E-state index in [0.29, 0.717) is 37.6 Å². The summed E-state index contributed by atoms with van der Waals surface area (Å²) in [5, 5.41) is 2.74. The number of hydrogen-bond acceptors (Lipinski definition) is 5. The average molecular weight is 308 g/mol. The Hall–Kier alpha value is -1.92. The van der Waals surface area contributed by atoms with Crippen LogP contribution in [0.2, 0.25) is 0 Å². The first-order valence-corrected chi connectivity index (χ1v) is 7.67. The molecule has 120 valence electrons. The van der Waals surface area contributed by atoms with E-state index in [1.54, 1.807) is 19.5 Å². The molecule has 0 spiro atoms. The van der Waals surface area contributed by atoms with Gasteiger partial charge in [-0.3, -0.25) is 4.79 Å². The van der Waals surface area contributed by atoms with Gasteiger partial charge in [-0.25, -0.2) is 14.4 Å². The largest absolute Gasteiger partial charge is 0.494 e. The summed E-state index contributed by atoms with van der Waals surface area (Å²) in [6.45, 7) is 1.20. The molecule has 1 N–H and O–H groups in total. The summed E-state index contributed by atoms with van der Waals surface area (Å²) < 4.78 is 19.7. The third-order valence-electron chi connectivity index (χ3n) is 4.32. The van der Waals surface area contributed by atoms with Gasteiger partial charge in [0.2, 0.25) is 11.9 Å². The molecule has 1 amide bonds. The number of nitrogens with zero attached hydrogens (tertiary/aromatic N) is 3. The number of rotatable bonds is 5. The maximum Gasteiger partial charge on any atom is 0.225 e. The highest BCUT2D eigenvalue weighted by Gasteiger charge is 2.37. The second kappa shape index (κ2) is 6.06. The SMILES string of the molecule is COc1cnc(N2CCC(F)(CNC(=O)C3CC3)CC2)nc1. The van der Waals surface area contributed by atoms with E-state index in [2.05, 4.69) is 15.3 Å². The Labute approximate surface area is 129 Å². The third kappa shape index (κ3) is 3.45. The lowest BCUT2D eigenvalue weighted by Gasteiger charge is -2.36. The van der Waals surface area contributed by atoms with Gasteiger partial charge in [0.15, 0.2) is 5.75 Å². The fourth-order valence-corrected chi connectivity index (χ4v) is 2.60. The van der Waals surface area contributed by atoms with Gasteiger partial charge in [0.1, 0.15) is 5.67 Å². The molecule has 1 aliphatic carbocycles. The zero-order chi connectivity index (χ0) is 15.6. The molecular weight excluding hydrogens is 287 g/mol. The maximum absolute atomic E-state index is 14.7. The molecule has 6 nitrogen and oxygen atoms in total. The van der Waals surface area contributed by atoms with Crippen molar-refractivity contribution in [1.29, 1.82) is 0 Å². The highest BCUT2D eigenvalue weighted by Crippen LogP contribution is 2.31. The van der Waals surface area contributed by atoms with Crippen LogP contribution in [0.15, 0.2) is 12.4 Å². The molecule has 3 rings (SSSR count). The Morgan fingerprint density at radius 1 is 1.41 bits per heavy atom. The summed E-state index contributed by atoms with van der Waals surface area (Å²) in [5.41, 5.74) is -1.33. The van der Waals surface area contributed by atoms with Crippen LogP contribution in [-0.4, -0.2) is 48.3 Å². The van der Waals surface area contributed by atoms with Gasteiger partial charge in [-0.2, -0.15) is 0 Å². The number of hydrogen-bond donors (Lipinski definition) is 1. The first-order valence-electron chi connectivity index (χ1n) is 7.67. The molecular formula is C15H21FN4O2. The smallest absolute Gasteiger partial charge is 0.225 e. The Morgan fingerprint density at radius 2 is 2.05 bits per heavy atom. The van der Waals surface area contributed by atoms with E-state index in [0.717, 1.165) is 12.8 Å². The van der Waals surface area contributed by atoms with Crippen LogP contribution in [0.3, 0.4) is 0 Å². The van der Waals surface area contributed by atoms with Crippen molar-refractivity contribution in [3.63, 3.8) is 0 Å². The number of carbonyl (C=O) groups is 1. The molecule has 1 aromatic heterocycles. The summed E-state index contributed by atoms with van der Waals surface area (Å²) in [6, 6.07) is 0. The van der Waals surface area contributed by atoms with Gasteiger partial charge >= 0.3 is 0 Å². The van der Waals surface area contributed by atoms with Gasteiger partial charge in [-0.15, -0.1) is 0 Å². The molecule has 1 saturated carbocycles. The van der Waals surface area contributed by atoms with Crippen LogP contribution in [-0.2, 0) is 4.79 Å². The quantitative estimate of drug-likeness (QED) is 0.888. The van der Waals surface area contributed by atoms with Crippen molar-refractivity contribution >= 4 is 11.9 Å². The fraction of sp³-hybridized carbons (Fsp3) is 0.667. The summed E-state index contributed by atoms with van der Waals surface area (Å²) in [4.78, 5) is 22.0. The highest BCUT2D eigenvalue weighted by atomic mass is 19.1. The Bertz CT molecular complexity index is 525. The van der Waals surface area contributed by atoms with E-state index in [4.69, 9.17) is 4.74 Å². The molecule has 2 heterocycles. The average Bonchev–Trinajstić information content (AvgIpc) is 3.39. The minimum atomic E-state index is -1.33. The van der Waals surface area contributed by atoms with E-state index in [-0.39, 0.29) is 18.4 Å². The molecule has 1 aromatic rings. The molecule has 2 fully saturated rings. The van der Waals surface area contributed by atoms with Crippen molar-refractivity contribution in [2.45, 2.75) is 31.4 Å². The van der Waals surface area contributed by atoms with Crippen LogP contribution in [0.5, 0.6) is 5.75 Å². The monoisotopic (exact) mass is 308 g/mol. The van der Waals surface area contributed by atoms with Gasteiger partial charge in [0.05, 0.1) is 26.0 Å². The van der Waals surface area contributed by atoms with Gasteiger partial charge < -0.3 is 15.0 Å². The highest BCUT2D eigenvalue weighted by molar-refractivity contribution is 5.80. The first kappa shape index (κ1) is 15.0. The predicted molar refractivity (Wildman–Crippen MR) is 79.6 cm³/mol. The number of piperidine rings is 1. The first-order chi connectivity index (χ1) is 10.6. The number of methoxy groups -OCH3 is 1. The minimum absolute atomic E-state index is 0.00191. The summed E-state index contributed by atoms with van der Waals surface area (Å²) in [5.74, 6) is 1.31. The van der Waals surface area contributed by atoms with E-state index in [1.807, 2.05) is 4.90 Å². The Kier molecular flexibility index (Phi) is 4.13. The van der Waals surface area contributed by atoms with Gasteiger partial charge in [-0.1, -0.05) is 0 Å². The number of aromatic nitrogens is 2. The molecule has 0 atom stereocenters. The summed E-state index contributed by atoms with van der Waals surface area (Å²) in [6.07, 6.45) is 5.83. The van der Waals surface area contributed by atoms with Crippen molar-refractivity contribution in [1.82, 2.24) is 15.3 Å². The number of nitrogens with one attached hydrogen (secondary N) is 1. The minimum Gasteiger partial charge on any atom is -0.494 e. The topological polar surface area (TPSA) is 67.3 Å². The third-order valence-corrected chi connectivity index (χ3v) is 4.32. The van der Waals surface area contributed by atoms with Crippen molar-refractivity contribution < 1.29 is 13.9 Å². The predicted octanol–water partition coefficient (Wildman–Crippen LogP) is 1.32. The second-order valence-corrected chi connectivity index (χ2v) is 6.05. The van der Waals surface area contributed by atoms with Gasteiger partial charge in [0, 0.05) is 31.8 Å². The van der Waals surface area contributed by atoms with Crippen molar-refractivity contribution in [2.24, 2.45) is 5.92 Å². The molecule has 0 bridgehead atoms. The molecule has 0 unspecified atom stereocenters. The van der Waals surface area contributed by atoms with Crippen LogP contribution >= 0.6 is 0 Å². The number of halogens is 1. The molecule has 1 saturated heterocycles. The van der Waals surface area contributed by atoms with Gasteiger partial charge in [0.25, 0.3) is 0 Å². The van der Waals surface area contributed by atoms with Gasteiger partial charge in [-0.05, 0) is 12.8 Å². The molecule has 22 heavy (non-hydrogen) atoms. The maximum atomic E-state index is 14.7. The van der Waals surface area contributed by atoms with Crippen molar-refractivity contribution in [3.05, 3.63) is 12.4 Å². The van der Waals surface area contributed by atoms with Crippen molar-refractivity contribution in [3.8, 4) is 5.75 Å². The molecule has 0 aromatic carbocycles.